The average molecular weight is 662 g/mol. The van der Waals surface area contributed by atoms with Crippen molar-refractivity contribution in [3.8, 4) is 0 Å². The molecule has 0 saturated carbocycles. The van der Waals surface area contributed by atoms with E-state index in [4.69, 9.17) is 10.5 Å². The highest BCUT2D eigenvalue weighted by molar-refractivity contribution is 6.00. The number of nitrogens with zero attached hydrogens (tertiary/aromatic N) is 2. The SMILES string of the molecule is COCC(=O)N[C@@H](C(=O)N1NCCC[C@H]1C(=O)N[C@@H](Cc1ccccc1)[C@@H](O)[C@H](C)C(=O)NC1CCN(C(N)=O)C1=O)[C@H](O)C(C)C. The van der Waals surface area contributed by atoms with Crippen molar-refractivity contribution in [1.82, 2.24) is 31.3 Å². The van der Waals surface area contributed by atoms with Crippen LogP contribution >= 0.6 is 0 Å². The van der Waals surface area contributed by atoms with Crippen molar-refractivity contribution < 1.29 is 43.7 Å². The topological polar surface area (TPSA) is 233 Å². The molecule has 2 aliphatic rings. The number of rotatable bonds is 14. The van der Waals surface area contributed by atoms with Crippen LogP contribution in [-0.2, 0) is 35.1 Å². The maximum Gasteiger partial charge on any atom is 0.321 e. The molecule has 47 heavy (non-hydrogen) atoms. The molecule has 260 valence electrons. The van der Waals surface area contributed by atoms with Crippen molar-refractivity contribution in [2.75, 3.05) is 26.8 Å². The van der Waals surface area contributed by atoms with Crippen LogP contribution < -0.4 is 27.1 Å². The molecule has 0 spiro atoms. The largest absolute Gasteiger partial charge is 0.390 e. The Morgan fingerprint density at radius 2 is 1.72 bits per heavy atom. The molecule has 2 aliphatic heterocycles. The molecular weight excluding hydrogens is 614 g/mol. The Morgan fingerprint density at radius 3 is 2.32 bits per heavy atom. The van der Waals surface area contributed by atoms with Crippen LogP contribution in [0.5, 0.6) is 0 Å². The Hall–Kier alpha value is -4.12. The van der Waals surface area contributed by atoms with E-state index in [9.17, 15) is 39.0 Å². The summed E-state index contributed by atoms with van der Waals surface area (Å²) in [4.78, 5) is 78.0. The Labute approximate surface area is 273 Å². The van der Waals surface area contributed by atoms with Crippen molar-refractivity contribution in [2.45, 2.75) is 82.8 Å². The lowest BCUT2D eigenvalue weighted by Crippen LogP contribution is -2.66. The number of primary amides is 1. The van der Waals surface area contributed by atoms with Gasteiger partial charge in [-0.25, -0.2) is 10.2 Å². The molecule has 1 aromatic rings. The standard InChI is InChI=1S/C31H47N7O9/c1-17(2)25(40)24(36-23(39)16-47-4)30(45)38-22(11-8-13-33-38)28(43)35-21(15-19-9-6-5-7-10-19)26(41)18(3)27(42)34-20-12-14-37(29(20)44)31(32)46/h5-7,9-10,17-18,20-22,24-26,33,40-41H,8,11-16H2,1-4H3,(H2,32,46)(H,34,42)(H,35,43)(H,36,39)/t18-,20?,21-,22-,24+,25+,26-/m0/s1. The number of hydrogen-bond acceptors (Lipinski definition) is 10. The smallest absolute Gasteiger partial charge is 0.321 e. The van der Waals surface area contributed by atoms with Crippen LogP contribution in [0, 0.1) is 11.8 Å². The van der Waals surface area contributed by atoms with Crippen LogP contribution in [0.15, 0.2) is 30.3 Å². The number of aliphatic hydroxyl groups excluding tert-OH is 2. The summed E-state index contributed by atoms with van der Waals surface area (Å²) in [6.45, 7) is 4.89. The Kier molecular flexibility index (Phi) is 13.6. The third kappa shape index (κ3) is 9.70. The molecule has 0 aromatic heterocycles. The lowest BCUT2D eigenvalue weighted by molar-refractivity contribution is -0.153. The van der Waals surface area contributed by atoms with E-state index in [2.05, 4.69) is 21.4 Å². The summed E-state index contributed by atoms with van der Waals surface area (Å²) in [5.74, 6) is -4.80. The molecule has 0 radical (unpaired) electrons. The molecule has 7 atom stereocenters. The molecule has 2 fully saturated rings. The van der Waals surface area contributed by atoms with E-state index in [0.29, 0.717) is 13.0 Å². The lowest BCUT2D eigenvalue weighted by atomic mass is 9.91. The summed E-state index contributed by atoms with van der Waals surface area (Å²) < 4.78 is 4.85. The molecule has 2 heterocycles. The number of likely N-dealkylation sites (tertiary alicyclic amines) is 1. The second-order valence-electron chi connectivity index (χ2n) is 12.2. The summed E-state index contributed by atoms with van der Waals surface area (Å²) in [6, 6.07) is 3.60. The maximum absolute atomic E-state index is 13.9. The summed E-state index contributed by atoms with van der Waals surface area (Å²) in [7, 11) is 1.32. The van der Waals surface area contributed by atoms with Crippen molar-refractivity contribution >= 4 is 35.6 Å². The van der Waals surface area contributed by atoms with Crippen LogP contribution in [0.2, 0.25) is 0 Å². The molecular formula is C31H47N7O9. The van der Waals surface area contributed by atoms with Crippen molar-refractivity contribution in [1.29, 1.82) is 0 Å². The lowest BCUT2D eigenvalue weighted by Gasteiger charge is -2.39. The number of hydrogen-bond donors (Lipinski definition) is 7. The van der Waals surface area contributed by atoms with Gasteiger partial charge in [-0.05, 0) is 37.2 Å². The van der Waals surface area contributed by atoms with E-state index in [0.717, 1.165) is 15.5 Å². The first kappa shape index (κ1) is 37.3. The van der Waals surface area contributed by atoms with Crippen LogP contribution in [0.1, 0.15) is 45.6 Å². The zero-order valence-electron chi connectivity index (χ0n) is 27.2. The van der Waals surface area contributed by atoms with Gasteiger partial charge >= 0.3 is 6.03 Å². The second kappa shape index (κ2) is 17.2. The van der Waals surface area contributed by atoms with Crippen LogP contribution in [0.25, 0.3) is 0 Å². The first-order valence-corrected chi connectivity index (χ1v) is 15.7. The van der Waals surface area contributed by atoms with E-state index in [1.54, 1.807) is 38.1 Å². The molecule has 7 amide bonds. The van der Waals surface area contributed by atoms with Crippen molar-refractivity contribution in [3.63, 3.8) is 0 Å². The first-order valence-electron chi connectivity index (χ1n) is 15.7. The summed E-state index contributed by atoms with van der Waals surface area (Å²) in [6.07, 6.45) is -1.66. The minimum atomic E-state index is -1.44. The van der Waals surface area contributed by atoms with Crippen LogP contribution in [0.3, 0.4) is 0 Å². The third-order valence-corrected chi connectivity index (χ3v) is 8.42. The van der Waals surface area contributed by atoms with Gasteiger partial charge in [-0.3, -0.25) is 33.9 Å². The number of nitrogens with two attached hydrogens (primary N) is 1. The van der Waals surface area contributed by atoms with E-state index >= 15 is 0 Å². The van der Waals surface area contributed by atoms with Gasteiger partial charge in [-0.2, -0.15) is 0 Å². The average Bonchev–Trinajstić information content (AvgIpc) is 3.41. The fourth-order valence-electron chi connectivity index (χ4n) is 5.63. The predicted octanol–water partition coefficient (Wildman–Crippen LogP) is -1.85. The second-order valence-corrected chi connectivity index (χ2v) is 12.2. The van der Waals surface area contributed by atoms with Gasteiger partial charge in [0.1, 0.15) is 24.7 Å². The van der Waals surface area contributed by atoms with Gasteiger partial charge in [0.15, 0.2) is 0 Å². The van der Waals surface area contributed by atoms with Gasteiger partial charge in [0.2, 0.25) is 17.7 Å². The minimum absolute atomic E-state index is 0.0541. The number of urea groups is 1. The highest BCUT2D eigenvalue weighted by atomic mass is 16.5. The normalized spacial score (nSPS) is 21.4. The van der Waals surface area contributed by atoms with E-state index < -0.39 is 83.8 Å². The van der Waals surface area contributed by atoms with Gasteiger partial charge < -0.3 is 36.6 Å². The molecule has 3 rings (SSSR count). The number of hydrazine groups is 1. The number of amides is 7. The van der Waals surface area contributed by atoms with E-state index in [1.165, 1.54) is 14.0 Å². The van der Waals surface area contributed by atoms with Gasteiger partial charge in [-0.1, -0.05) is 51.1 Å². The molecule has 16 heteroatoms. The number of aliphatic hydroxyl groups is 2. The number of carbonyl (C=O) groups excluding carboxylic acids is 6. The molecule has 16 nitrogen and oxygen atoms in total. The number of carbonyl (C=O) groups is 6. The van der Waals surface area contributed by atoms with E-state index in [-0.39, 0.29) is 32.4 Å². The van der Waals surface area contributed by atoms with Gasteiger partial charge in [0.25, 0.3) is 11.8 Å². The first-order chi connectivity index (χ1) is 22.3. The molecule has 1 aromatic carbocycles. The van der Waals surface area contributed by atoms with E-state index in [1.807, 2.05) is 6.07 Å². The molecule has 0 bridgehead atoms. The fraction of sp³-hybridized carbons (Fsp3) is 0.613. The number of methoxy groups -OCH3 is 1. The minimum Gasteiger partial charge on any atom is -0.390 e. The number of benzene rings is 1. The Balaban J connectivity index is 1.81. The van der Waals surface area contributed by atoms with Crippen molar-refractivity contribution in [3.05, 3.63) is 35.9 Å². The quantitative estimate of drug-likeness (QED) is 0.118. The maximum atomic E-state index is 13.9. The predicted molar refractivity (Wildman–Crippen MR) is 168 cm³/mol. The van der Waals surface area contributed by atoms with Crippen LogP contribution in [-0.4, -0.2) is 119 Å². The third-order valence-electron chi connectivity index (χ3n) is 8.42. The monoisotopic (exact) mass is 661 g/mol. The summed E-state index contributed by atoms with van der Waals surface area (Å²) in [5.41, 5.74) is 8.89. The highest BCUT2D eigenvalue weighted by Crippen LogP contribution is 2.19. The number of nitrogens with one attached hydrogen (secondary N) is 4. The fourth-order valence-corrected chi connectivity index (χ4v) is 5.63. The Bertz CT molecular complexity index is 1280. The number of ether oxygens (including phenoxy) is 1. The molecule has 8 N–H and O–H groups in total. The molecule has 0 aliphatic carbocycles. The van der Waals surface area contributed by atoms with Crippen LogP contribution in [0.4, 0.5) is 4.79 Å². The van der Waals surface area contributed by atoms with Gasteiger partial charge in [0.05, 0.1) is 24.2 Å². The summed E-state index contributed by atoms with van der Waals surface area (Å²) in [5, 5.41) is 31.3. The highest BCUT2D eigenvalue weighted by Gasteiger charge is 2.42. The number of imide groups is 1. The zero-order chi connectivity index (χ0) is 34.8. The summed E-state index contributed by atoms with van der Waals surface area (Å²) >= 11 is 0. The molecule has 2 saturated heterocycles. The van der Waals surface area contributed by atoms with Crippen molar-refractivity contribution in [2.24, 2.45) is 17.6 Å². The molecule has 1 unspecified atom stereocenters. The zero-order valence-corrected chi connectivity index (χ0v) is 27.2. The van der Waals surface area contributed by atoms with Gasteiger partial charge in [-0.15, -0.1) is 0 Å². The Morgan fingerprint density at radius 1 is 1.04 bits per heavy atom. The van der Waals surface area contributed by atoms with Gasteiger partial charge in [0, 0.05) is 20.2 Å².